The van der Waals surface area contributed by atoms with Crippen molar-refractivity contribution in [3.63, 3.8) is 0 Å². The van der Waals surface area contributed by atoms with Gasteiger partial charge in [0.2, 0.25) is 0 Å². The number of hydrogen-bond donors (Lipinski definition) is 1. The zero-order valence-electron chi connectivity index (χ0n) is 15.6. The second-order valence-corrected chi connectivity index (χ2v) is 8.11. The molecule has 3 aromatic rings. The van der Waals surface area contributed by atoms with Crippen LogP contribution in [0.3, 0.4) is 0 Å². The average molecular weight is 420 g/mol. The predicted octanol–water partition coefficient (Wildman–Crippen LogP) is 3.11. The number of hydrogen-bond acceptors (Lipinski definition) is 7. The maximum Gasteiger partial charge on any atom is 0.315 e. The summed E-state index contributed by atoms with van der Waals surface area (Å²) < 4.78 is 12.1. The SMILES string of the molecule is COC(=O)CSCCc1nc(-c2cc(C(N)=O)c(C)n2Cc2ccco2)cs1. The van der Waals surface area contributed by atoms with Crippen molar-refractivity contribution in [3.05, 3.63) is 51.9 Å². The first kappa shape index (κ1) is 20.2. The van der Waals surface area contributed by atoms with E-state index >= 15 is 0 Å². The van der Waals surface area contributed by atoms with E-state index in [9.17, 15) is 9.59 Å². The minimum Gasteiger partial charge on any atom is -0.468 e. The van der Waals surface area contributed by atoms with Crippen LogP contribution in [0.2, 0.25) is 0 Å². The number of methoxy groups -OCH3 is 1. The van der Waals surface area contributed by atoms with Crippen molar-refractivity contribution in [3.8, 4) is 11.4 Å². The largest absolute Gasteiger partial charge is 0.468 e. The van der Waals surface area contributed by atoms with Crippen molar-refractivity contribution in [2.75, 3.05) is 18.6 Å². The van der Waals surface area contributed by atoms with Gasteiger partial charge in [-0.25, -0.2) is 4.98 Å². The molecular formula is C19H21N3O4S2. The Balaban J connectivity index is 1.79. The van der Waals surface area contributed by atoms with Crippen LogP contribution in [0.15, 0.2) is 34.3 Å². The average Bonchev–Trinajstić information content (AvgIpc) is 3.41. The van der Waals surface area contributed by atoms with Gasteiger partial charge < -0.3 is 19.5 Å². The number of aryl methyl sites for hydroxylation is 1. The third kappa shape index (κ3) is 4.66. The summed E-state index contributed by atoms with van der Waals surface area (Å²) in [5, 5.41) is 2.94. The van der Waals surface area contributed by atoms with E-state index in [0.29, 0.717) is 17.9 Å². The number of carbonyl (C=O) groups excluding carboxylic acids is 2. The normalized spacial score (nSPS) is 10.9. The smallest absolute Gasteiger partial charge is 0.315 e. The van der Waals surface area contributed by atoms with Crippen molar-refractivity contribution in [2.45, 2.75) is 19.9 Å². The summed E-state index contributed by atoms with van der Waals surface area (Å²) in [6, 6.07) is 5.50. The van der Waals surface area contributed by atoms with Crippen LogP contribution in [0, 0.1) is 6.92 Å². The molecule has 28 heavy (non-hydrogen) atoms. The molecule has 3 heterocycles. The number of furan rings is 1. The molecule has 0 aliphatic carbocycles. The molecule has 0 aromatic carbocycles. The summed E-state index contributed by atoms with van der Waals surface area (Å²) in [7, 11) is 1.39. The van der Waals surface area contributed by atoms with Gasteiger partial charge in [0.15, 0.2) is 0 Å². The minimum atomic E-state index is -0.466. The van der Waals surface area contributed by atoms with Crippen LogP contribution in [0.4, 0.5) is 0 Å². The van der Waals surface area contributed by atoms with E-state index in [4.69, 9.17) is 15.1 Å². The highest BCUT2D eigenvalue weighted by atomic mass is 32.2. The Morgan fingerprint density at radius 3 is 2.93 bits per heavy atom. The van der Waals surface area contributed by atoms with E-state index in [0.717, 1.165) is 40.0 Å². The zero-order chi connectivity index (χ0) is 20.1. The summed E-state index contributed by atoms with van der Waals surface area (Å²) in [5.74, 6) is 1.20. The monoisotopic (exact) mass is 419 g/mol. The first-order valence-corrected chi connectivity index (χ1v) is 10.6. The number of ether oxygens (including phenoxy) is 1. The Kier molecular flexibility index (Phi) is 6.58. The number of nitrogens with two attached hydrogens (primary N) is 1. The van der Waals surface area contributed by atoms with Gasteiger partial charge in [0.1, 0.15) is 5.76 Å². The second-order valence-electron chi connectivity index (χ2n) is 6.06. The maximum absolute atomic E-state index is 11.8. The van der Waals surface area contributed by atoms with E-state index < -0.39 is 5.91 Å². The van der Waals surface area contributed by atoms with Crippen LogP contribution in [0.1, 0.15) is 26.8 Å². The molecule has 0 aliphatic rings. The topological polar surface area (TPSA) is 100 Å². The Hall–Kier alpha value is -2.52. The molecule has 9 heteroatoms. The summed E-state index contributed by atoms with van der Waals surface area (Å²) >= 11 is 3.07. The van der Waals surface area contributed by atoms with Gasteiger partial charge in [0, 0.05) is 23.2 Å². The van der Waals surface area contributed by atoms with Gasteiger partial charge in [0.05, 0.1) is 47.6 Å². The fourth-order valence-corrected chi connectivity index (χ4v) is 4.47. The molecule has 0 fully saturated rings. The molecular weight excluding hydrogens is 398 g/mol. The molecule has 0 saturated heterocycles. The minimum absolute atomic E-state index is 0.227. The molecule has 2 N–H and O–H groups in total. The lowest BCUT2D eigenvalue weighted by Crippen LogP contribution is -2.12. The molecule has 3 rings (SSSR count). The Bertz CT molecular complexity index is 960. The first-order chi connectivity index (χ1) is 13.5. The second kappa shape index (κ2) is 9.11. The van der Waals surface area contributed by atoms with Crippen molar-refractivity contribution in [2.24, 2.45) is 5.73 Å². The van der Waals surface area contributed by atoms with Gasteiger partial charge in [-0.2, -0.15) is 0 Å². The van der Waals surface area contributed by atoms with Crippen LogP contribution >= 0.6 is 23.1 Å². The molecule has 0 aliphatic heterocycles. The third-order valence-corrected chi connectivity index (χ3v) is 6.09. The van der Waals surface area contributed by atoms with Gasteiger partial charge in [0.25, 0.3) is 5.91 Å². The van der Waals surface area contributed by atoms with Crippen LogP contribution < -0.4 is 5.73 Å². The van der Waals surface area contributed by atoms with Crippen LogP contribution in [-0.2, 0) is 22.5 Å². The lowest BCUT2D eigenvalue weighted by molar-refractivity contribution is -0.137. The van der Waals surface area contributed by atoms with E-state index in [1.165, 1.54) is 18.9 Å². The van der Waals surface area contributed by atoms with Crippen LogP contribution in [0.5, 0.6) is 0 Å². The number of rotatable bonds is 9. The molecule has 0 unspecified atom stereocenters. The molecule has 7 nitrogen and oxygen atoms in total. The number of amides is 1. The number of thiazole rings is 1. The highest BCUT2D eigenvalue weighted by molar-refractivity contribution is 7.99. The lowest BCUT2D eigenvalue weighted by Gasteiger charge is -2.09. The Labute approximate surface area is 170 Å². The van der Waals surface area contributed by atoms with Gasteiger partial charge in [-0.05, 0) is 25.1 Å². The Morgan fingerprint density at radius 2 is 2.25 bits per heavy atom. The molecule has 1 amide bonds. The maximum atomic E-state index is 11.8. The van der Waals surface area contributed by atoms with E-state index in [2.05, 4.69) is 4.74 Å². The fourth-order valence-electron chi connectivity index (χ4n) is 2.79. The highest BCUT2D eigenvalue weighted by Gasteiger charge is 2.19. The van der Waals surface area contributed by atoms with Crippen LogP contribution in [-0.4, -0.2) is 40.0 Å². The number of thioether (sulfide) groups is 1. The number of nitrogens with zero attached hydrogens (tertiary/aromatic N) is 2. The van der Waals surface area contributed by atoms with Crippen molar-refractivity contribution in [1.82, 2.24) is 9.55 Å². The summed E-state index contributed by atoms with van der Waals surface area (Å²) in [6.45, 7) is 2.35. The summed E-state index contributed by atoms with van der Waals surface area (Å²) in [4.78, 5) is 27.7. The van der Waals surface area contributed by atoms with Gasteiger partial charge in [-0.15, -0.1) is 23.1 Å². The van der Waals surface area contributed by atoms with Gasteiger partial charge in [-0.1, -0.05) is 0 Å². The molecule has 0 spiro atoms. The van der Waals surface area contributed by atoms with Crippen molar-refractivity contribution >= 4 is 35.0 Å². The molecule has 0 saturated carbocycles. The van der Waals surface area contributed by atoms with E-state index in [-0.39, 0.29) is 5.97 Å². The number of primary amides is 1. The molecule has 0 radical (unpaired) electrons. The van der Waals surface area contributed by atoms with E-state index in [1.54, 1.807) is 23.7 Å². The quantitative estimate of drug-likeness (QED) is 0.422. The predicted molar refractivity (Wildman–Crippen MR) is 110 cm³/mol. The fraction of sp³-hybridized carbons (Fsp3) is 0.316. The first-order valence-electron chi connectivity index (χ1n) is 8.61. The molecule has 3 aromatic heterocycles. The van der Waals surface area contributed by atoms with Gasteiger partial charge in [-0.3, -0.25) is 9.59 Å². The Morgan fingerprint density at radius 1 is 1.43 bits per heavy atom. The molecule has 0 bridgehead atoms. The van der Waals surface area contributed by atoms with Crippen molar-refractivity contribution in [1.29, 1.82) is 0 Å². The zero-order valence-corrected chi connectivity index (χ0v) is 17.3. The van der Waals surface area contributed by atoms with Crippen molar-refractivity contribution < 1.29 is 18.7 Å². The van der Waals surface area contributed by atoms with Gasteiger partial charge >= 0.3 is 5.97 Å². The lowest BCUT2D eigenvalue weighted by atomic mass is 10.2. The molecule has 148 valence electrons. The third-order valence-electron chi connectivity index (χ3n) is 4.25. The standard InChI is InChI=1S/C19H21N3O4S2/c1-12-14(19(20)24)8-16(22(12)9-13-4-3-6-26-13)15-10-28-17(21-15)5-7-27-11-18(23)25-2/h3-4,6,8,10H,5,7,9,11H2,1-2H3,(H2,20,24). The number of esters is 1. The summed E-state index contributed by atoms with van der Waals surface area (Å²) in [6.07, 6.45) is 2.38. The van der Waals surface area contributed by atoms with Crippen LogP contribution in [0.25, 0.3) is 11.4 Å². The number of aromatic nitrogens is 2. The molecule has 0 atom stereocenters. The van der Waals surface area contributed by atoms with E-state index in [1.807, 2.05) is 29.0 Å². The summed E-state index contributed by atoms with van der Waals surface area (Å²) in [5.41, 5.74) is 8.41. The highest BCUT2D eigenvalue weighted by Crippen LogP contribution is 2.28. The number of carbonyl (C=O) groups is 2.